The Morgan fingerprint density at radius 3 is 2.36 bits per heavy atom. The summed E-state index contributed by atoms with van der Waals surface area (Å²) in [5.41, 5.74) is 0.194. The Morgan fingerprint density at radius 2 is 1.93 bits per heavy atom. The van der Waals surface area contributed by atoms with Crippen molar-refractivity contribution in [3.8, 4) is 0 Å². The van der Waals surface area contributed by atoms with E-state index in [0.29, 0.717) is 6.04 Å². The molecule has 0 unspecified atom stereocenters. The molecule has 0 saturated carbocycles. The van der Waals surface area contributed by atoms with E-state index in [1.807, 2.05) is 7.11 Å². The number of unbranched alkanes of at least 4 members (excludes halogenated alkanes) is 2. The number of nitrogens with zero attached hydrogens (tertiary/aromatic N) is 1. The second-order valence-corrected chi connectivity index (χ2v) is 4.84. The quantitative estimate of drug-likeness (QED) is 0.610. The molecule has 1 aliphatic heterocycles. The Bertz CT molecular complexity index is 162. The van der Waals surface area contributed by atoms with E-state index in [-0.39, 0.29) is 5.60 Å². The molecule has 0 radical (unpaired) electrons. The molecule has 1 rings (SSSR count). The van der Waals surface area contributed by atoms with Gasteiger partial charge in [-0.3, -0.25) is 4.90 Å². The van der Waals surface area contributed by atoms with Gasteiger partial charge in [0.05, 0.1) is 5.60 Å². The zero-order valence-electron chi connectivity index (χ0n) is 10.2. The van der Waals surface area contributed by atoms with Crippen LogP contribution in [0.4, 0.5) is 0 Å². The van der Waals surface area contributed by atoms with Gasteiger partial charge in [0.2, 0.25) is 0 Å². The largest absolute Gasteiger partial charge is 0.376 e. The first-order chi connectivity index (χ1) is 6.63. The van der Waals surface area contributed by atoms with Gasteiger partial charge in [-0.05, 0) is 20.3 Å². The molecule has 1 heterocycles. The van der Waals surface area contributed by atoms with E-state index in [1.54, 1.807) is 0 Å². The van der Waals surface area contributed by atoms with Gasteiger partial charge in [0.25, 0.3) is 0 Å². The fourth-order valence-electron chi connectivity index (χ4n) is 2.15. The van der Waals surface area contributed by atoms with E-state index in [2.05, 4.69) is 25.7 Å². The summed E-state index contributed by atoms with van der Waals surface area (Å²) in [5, 5.41) is 0. The first-order valence-corrected chi connectivity index (χ1v) is 5.93. The molecule has 84 valence electrons. The van der Waals surface area contributed by atoms with E-state index in [4.69, 9.17) is 4.74 Å². The van der Waals surface area contributed by atoms with Crippen LogP contribution in [0.1, 0.15) is 46.5 Å². The van der Waals surface area contributed by atoms with Crippen LogP contribution < -0.4 is 0 Å². The maximum Gasteiger partial charge on any atom is 0.0931 e. The minimum atomic E-state index is 0.194. The molecule has 0 bridgehead atoms. The van der Waals surface area contributed by atoms with E-state index < -0.39 is 0 Å². The Hall–Kier alpha value is -0.0800. The molecular formula is C12H25NO. The van der Waals surface area contributed by atoms with E-state index in [9.17, 15) is 0 Å². The topological polar surface area (TPSA) is 12.5 Å². The summed E-state index contributed by atoms with van der Waals surface area (Å²) in [7, 11) is 1.86. The second-order valence-electron chi connectivity index (χ2n) is 4.84. The molecule has 0 atom stereocenters. The number of methoxy groups -OCH3 is 1. The van der Waals surface area contributed by atoms with Crippen LogP contribution in [0.2, 0.25) is 0 Å². The molecule has 0 aromatic rings. The minimum Gasteiger partial charge on any atom is -0.376 e. The van der Waals surface area contributed by atoms with Crippen molar-refractivity contribution >= 4 is 0 Å². The van der Waals surface area contributed by atoms with Crippen LogP contribution in [0.25, 0.3) is 0 Å². The number of likely N-dealkylation sites (tertiary alicyclic amines) is 1. The molecule has 0 spiro atoms. The maximum absolute atomic E-state index is 5.66. The lowest BCUT2D eigenvalue weighted by Gasteiger charge is -2.51. The lowest BCUT2D eigenvalue weighted by atomic mass is 9.87. The first-order valence-electron chi connectivity index (χ1n) is 5.93. The van der Waals surface area contributed by atoms with E-state index in [0.717, 1.165) is 13.1 Å². The third-order valence-electron chi connectivity index (χ3n) is 3.38. The molecular weight excluding hydrogens is 174 g/mol. The van der Waals surface area contributed by atoms with Gasteiger partial charge in [-0.25, -0.2) is 0 Å². The smallest absolute Gasteiger partial charge is 0.0931 e. The van der Waals surface area contributed by atoms with Gasteiger partial charge >= 0.3 is 0 Å². The summed E-state index contributed by atoms with van der Waals surface area (Å²) in [6.07, 6.45) is 5.19. The summed E-state index contributed by atoms with van der Waals surface area (Å²) in [6.45, 7) is 9.02. The van der Waals surface area contributed by atoms with Crippen molar-refractivity contribution in [2.75, 3.05) is 20.2 Å². The monoisotopic (exact) mass is 199 g/mol. The summed E-state index contributed by atoms with van der Waals surface area (Å²) in [4.78, 5) is 2.48. The second kappa shape index (κ2) is 5.13. The summed E-state index contributed by atoms with van der Waals surface area (Å²) < 4.78 is 5.66. The van der Waals surface area contributed by atoms with Crippen LogP contribution in [-0.4, -0.2) is 36.7 Å². The molecule has 1 saturated heterocycles. The molecule has 1 fully saturated rings. The Labute approximate surface area is 88.6 Å². The molecule has 14 heavy (non-hydrogen) atoms. The Morgan fingerprint density at radius 1 is 1.29 bits per heavy atom. The highest BCUT2D eigenvalue weighted by Crippen LogP contribution is 2.31. The highest BCUT2D eigenvalue weighted by molar-refractivity contribution is 4.97. The van der Waals surface area contributed by atoms with E-state index >= 15 is 0 Å². The third-order valence-corrected chi connectivity index (χ3v) is 3.38. The Kier molecular flexibility index (Phi) is 4.39. The van der Waals surface area contributed by atoms with Gasteiger partial charge in [0, 0.05) is 26.2 Å². The van der Waals surface area contributed by atoms with Crippen LogP contribution in [0, 0.1) is 0 Å². The first kappa shape index (κ1) is 12.0. The van der Waals surface area contributed by atoms with Gasteiger partial charge in [-0.2, -0.15) is 0 Å². The highest BCUT2D eigenvalue weighted by Gasteiger charge is 2.43. The van der Waals surface area contributed by atoms with Crippen LogP contribution in [0.5, 0.6) is 0 Å². The predicted octanol–water partition coefficient (Wildman–Crippen LogP) is 2.68. The third kappa shape index (κ3) is 2.71. The summed E-state index contributed by atoms with van der Waals surface area (Å²) >= 11 is 0. The Balaban J connectivity index is 2.26. The molecule has 1 aliphatic rings. The van der Waals surface area contributed by atoms with Gasteiger partial charge in [0.15, 0.2) is 0 Å². The van der Waals surface area contributed by atoms with Gasteiger partial charge in [-0.1, -0.05) is 26.2 Å². The van der Waals surface area contributed by atoms with Crippen molar-refractivity contribution in [1.29, 1.82) is 0 Å². The molecule has 2 nitrogen and oxygen atoms in total. The van der Waals surface area contributed by atoms with Gasteiger partial charge in [-0.15, -0.1) is 0 Å². The fourth-order valence-corrected chi connectivity index (χ4v) is 2.15. The lowest BCUT2D eigenvalue weighted by Crippen LogP contribution is -2.64. The van der Waals surface area contributed by atoms with Crippen LogP contribution in [0.3, 0.4) is 0 Å². The zero-order chi connectivity index (χ0) is 10.6. The average molecular weight is 199 g/mol. The maximum atomic E-state index is 5.66. The molecule has 2 heteroatoms. The average Bonchev–Trinajstić information content (AvgIpc) is 2.09. The standard InChI is InChI=1S/C12H25NO/c1-5-6-7-8-12(14-4)9-13(10-12)11(2)3/h11H,5-10H2,1-4H3. The molecule has 0 aromatic heterocycles. The van der Waals surface area contributed by atoms with Crippen molar-refractivity contribution < 1.29 is 4.74 Å². The minimum absolute atomic E-state index is 0.194. The van der Waals surface area contributed by atoms with Gasteiger partial charge in [0.1, 0.15) is 0 Å². The van der Waals surface area contributed by atoms with Crippen LogP contribution >= 0.6 is 0 Å². The lowest BCUT2D eigenvalue weighted by molar-refractivity contribution is -0.139. The van der Waals surface area contributed by atoms with Gasteiger partial charge < -0.3 is 4.74 Å². The number of ether oxygens (including phenoxy) is 1. The van der Waals surface area contributed by atoms with Crippen molar-refractivity contribution in [2.45, 2.75) is 58.1 Å². The number of hydrogen-bond acceptors (Lipinski definition) is 2. The molecule has 0 aliphatic carbocycles. The predicted molar refractivity (Wildman–Crippen MR) is 60.6 cm³/mol. The zero-order valence-corrected chi connectivity index (χ0v) is 10.2. The summed E-state index contributed by atoms with van der Waals surface area (Å²) in [6, 6.07) is 0.671. The fraction of sp³-hybridized carbons (Fsp3) is 1.00. The SMILES string of the molecule is CCCCCC1(OC)CN(C(C)C)C1. The van der Waals surface area contributed by atoms with Crippen LogP contribution in [-0.2, 0) is 4.74 Å². The van der Waals surface area contributed by atoms with E-state index in [1.165, 1.54) is 25.7 Å². The van der Waals surface area contributed by atoms with Crippen LogP contribution in [0.15, 0.2) is 0 Å². The van der Waals surface area contributed by atoms with Crippen molar-refractivity contribution in [3.63, 3.8) is 0 Å². The number of rotatable bonds is 6. The molecule has 0 aromatic carbocycles. The number of hydrogen-bond donors (Lipinski definition) is 0. The van der Waals surface area contributed by atoms with Crippen molar-refractivity contribution in [3.05, 3.63) is 0 Å². The summed E-state index contributed by atoms with van der Waals surface area (Å²) in [5.74, 6) is 0. The van der Waals surface area contributed by atoms with Crippen molar-refractivity contribution in [2.24, 2.45) is 0 Å². The molecule has 0 N–H and O–H groups in total. The normalized spacial score (nSPS) is 21.2. The highest BCUT2D eigenvalue weighted by atomic mass is 16.5. The molecule has 0 amide bonds. The van der Waals surface area contributed by atoms with Crippen molar-refractivity contribution in [1.82, 2.24) is 4.90 Å².